The van der Waals surface area contributed by atoms with Crippen molar-refractivity contribution in [2.24, 2.45) is 0 Å². The number of Topliss-reactive ketones (excluding diaryl/α,β-unsaturated/α-hetero) is 1. The van der Waals surface area contributed by atoms with Gasteiger partial charge in [-0.1, -0.05) is 11.6 Å². The molecule has 0 aromatic heterocycles. The van der Waals surface area contributed by atoms with Crippen LogP contribution in [0.1, 0.15) is 22.8 Å². The van der Waals surface area contributed by atoms with E-state index in [4.69, 9.17) is 11.6 Å². The van der Waals surface area contributed by atoms with Crippen LogP contribution in [0.4, 0.5) is 0 Å². The molecule has 0 radical (unpaired) electrons. The third-order valence-corrected chi connectivity index (χ3v) is 3.17. The second-order valence-corrected chi connectivity index (χ2v) is 4.39. The molecule has 0 N–H and O–H groups in total. The summed E-state index contributed by atoms with van der Waals surface area (Å²) in [6.45, 7) is 3.55. The fourth-order valence-corrected chi connectivity index (χ4v) is 1.82. The topological polar surface area (TPSA) is 43.4 Å². The molecule has 5 heteroatoms. The van der Waals surface area contributed by atoms with Gasteiger partial charge in [0.2, 0.25) is 0 Å². The number of hydrogen-bond acceptors (Lipinski definition) is 3. The van der Waals surface area contributed by atoms with Crippen molar-refractivity contribution in [2.75, 3.05) is 6.61 Å². The van der Waals surface area contributed by atoms with Crippen LogP contribution in [0.15, 0.2) is 16.6 Å². The van der Waals surface area contributed by atoms with E-state index in [1.165, 1.54) is 6.07 Å². The Kier molecular flexibility index (Phi) is 4.50. The Balaban J connectivity index is 3.09. The summed E-state index contributed by atoms with van der Waals surface area (Å²) in [5, 5.41) is 0.387. The lowest BCUT2D eigenvalue weighted by Crippen LogP contribution is -2.18. The Hall–Kier alpha value is -0.870. The molecule has 0 saturated heterocycles. The van der Waals surface area contributed by atoms with Crippen molar-refractivity contribution in [3.63, 3.8) is 0 Å². The maximum absolute atomic E-state index is 11.7. The molecule has 0 spiro atoms. The molecule has 1 aromatic rings. The van der Waals surface area contributed by atoms with Crippen LogP contribution in [-0.2, 0) is 9.53 Å². The predicted octanol–water partition coefficient (Wildman–Crippen LogP) is 3.16. The number of ether oxygens (including phenoxy) is 1. The second-order valence-electron chi connectivity index (χ2n) is 3.13. The first-order valence-electron chi connectivity index (χ1n) is 4.64. The van der Waals surface area contributed by atoms with E-state index >= 15 is 0 Å². The summed E-state index contributed by atoms with van der Waals surface area (Å²) in [6.07, 6.45) is 0. The Bertz CT molecular complexity index is 443. The zero-order chi connectivity index (χ0) is 12.3. The van der Waals surface area contributed by atoms with Crippen molar-refractivity contribution in [3.8, 4) is 0 Å². The largest absolute Gasteiger partial charge is 0.460 e. The lowest BCUT2D eigenvalue weighted by atomic mass is 10.1. The van der Waals surface area contributed by atoms with E-state index in [0.29, 0.717) is 15.1 Å². The number of ketones is 1. The number of esters is 1. The van der Waals surface area contributed by atoms with E-state index in [9.17, 15) is 9.59 Å². The second kappa shape index (κ2) is 5.46. The minimum Gasteiger partial charge on any atom is -0.460 e. The van der Waals surface area contributed by atoms with Gasteiger partial charge in [0.05, 0.1) is 11.6 Å². The van der Waals surface area contributed by atoms with Crippen LogP contribution in [0.25, 0.3) is 0 Å². The fraction of sp³-hybridized carbons (Fsp3) is 0.273. The van der Waals surface area contributed by atoms with Gasteiger partial charge in [-0.15, -0.1) is 0 Å². The van der Waals surface area contributed by atoms with Gasteiger partial charge in [0.15, 0.2) is 0 Å². The van der Waals surface area contributed by atoms with Gasteiger partial charge in [-0.3, -0.25) is 4.79 Å². The first-order chi connectivity index (χ1) is 7.47. The number of halogens is 2. The van der Waals surface area contributed by atoms with Gasteiger partial charge in [0.1, 0.15) is 0 Å². The third-order valence-electron chi connectivity index (χ3n) is 1.97. The quantitative estimate of drug-likeness (QED) is 0.489. The van der Waals surface area contributed by atoms with Gasteiger partial charge in [-0.05, 0) is 47.5 Å². The van der Waals surface area contributed by atoms with Gasteiger partial charge in [0.25, 0.3) is 5.78 Å². The van der Waals surface area contributed by atoms with Crippen LogP contribution in [-0.4, -0.2) is 18.4 Å². The van der Waals surface area contributed by atoms with Crippen molar-refractivity contribution >= 4 is 39.3 Å². The van der Waals surface area contributed by atoms with Crippen LogP contribution in [0.2, 0.25) is 5.02 Å². The minimum atomic E-state index is -0.857. The molecule has 0 aliphatic rings. The molecule has 0 bridgehead atoms. The first kappa shape index (κ1) is 13.2. The first-order valence-corrected chi connectivity index (χ1v) is 5.81. The summed E-state index contributed by atoms with van der Waals surface area (Å²) >= 11 is 9.10. The van der Waals surface area contributed by atoms with Crippen molar-refractivity contribution in [1.29, 1.82) is 0 Å². The maximum Gasteiger partial charge on any atom is 0.379 e. The molecule has 0 atom stereocenters. The van der Waals surface area contributed by atoms with E-state index < -0.39 is 11.8 Å². The molecule has 86 valence electrons. The summed E-state index contributed by atoms with van der Waals surface area (Å²) in [5.74, 6) is -1.53. The van der Waals surface area contributed by atoms with Gasteiger partial charge in [-0.25, -0.2) is 4.79 Å². The molecule has 0 unspecified atom stereocenters. The lowest BCUT2D eigenvalue weighted by Gasteiger charge is -2.06. The molecule has 0 saturated carbocycles. The van der Waals surface area contributed by atoms with Crippen LogP contribution < -0.4 is 0 Å². The van der Waals surface area contributed by atoms with E-state index in [-0.39, 0.29) is 12.2 Å². The molecule has 3 nitrogen and oxygen atoms in total. The highest BCUT2D eigenvalue weighted by Gasteiger charge is 2.20. The molecule has 0 amide bonds. The van der Waals surface area contributed by atoms with Gasteiger partial charge < -0.3 is 4.74 Å². The summed E-state index contributed by atoms with van der Waals surface area (Å²) in [7, 11) is 0. The Morgan fingerprint density at radius 2 is 2.06 bits per heavy atom. The van der Waals surface area contributed by atoms with E-state index in [1.807, 2.05) is 0 Å². The van der Waals surface area contributed by atoms with E-state index in [2.05, 4.69) is 20.7 Å². The zero-order valence-corrected chi connectivity index (χ0v) is 11.2. The van der Waals surface area contributed by atoms with Gasteiger partial charge in [0, 0.05) is 10.0 Å². The Morgan fingerprint density at radius 3 is 2.62 bits per heavy atom. The zero-order valence-electron chi connectivity index (χ0n) is 8.84. The summed E-state index contributed by atoms with van der Waals surface area (Å²) in [5.41, 5.74) is 0.945. The van der Waals surface area contributed by atoms with E-state index in [0.717, 1.165) is 0 Å². The number of rotatable bonds is 3. The molecule has 0 fully saturated rings. The summed E-state index contributed by atoms with van der Waals surface area (Å²) < 4.78 is 5.33. The molecule has 0 heterocycles. The molecule has 16 heavy (non-hydrogen) atoms. The standard InChI is InChI=1S/C11H10BrClO3/c1-3-16-11(15)10(14)7-5-9(13)8(12)4-6(7)2/h4-5H,3H2,1-2H3. The number of benzene rings is 1. The SMILES string of the molecule is CCOC(=O)C(=O)c1cc(Cl)c(Br)cc1C. The average molecular weight is 306 g/mol. The van der Waals surface area contributed by atoms with Crippen LogP contribution >= 0.6 is 27.5 Å². The molecule has 1 rings (SSSR count). The van der Waals surface area contributed by atoms with Crippen molar-refractivity contribution in [1.82, 2.24) is 0 Å². The molecule has 1 aromatic carbocycles. The normalized spacial score (nSPS) is 10.0. The number of carbonyl (C=O) groups excluding carboxylic acids is 2. The van der Waals surface area contributed by atoms with Crippen molar-refractivity contribution in [3.05, 3.63) is 32.8 Å². The van der Waals surface area contributed by atoms with Crippen LogP contribution in [0.3, 0.4) is 0 Å². The molecule has 0 aliphatic heterocycles. The number of carbonyl (C=O) groups is 2. The molecular weight excluding hydrogens is 295 g/mol. The number of aryl methyl sites for hydroxylation is 1. The monoisotopic (exact) mass is 304 g/mol. The van der Waals surface area contributed by atoms with Crippen LogP contribution in [0.5, 0.6) is 0 Å². The predicted molar refractivity (Wildman–Crippen MR) is 64.9 cm³/mol. The maximum atomic E-state index is 11.7. The Labute approximate surface area is 107 Å². The van der Waals surface area contributed by atoms with Crippen molar-refractivity contribution < 1.29 is 14.3 Å². The molecular formula is C11H10BrClO3. The van der Waals surface area contributed by atoms with Crippen molar-refractivity contribution in [2.45, 2.75) is 13.8 Å². The van der Waals surface area contributed by atoms with E-state index in [1.54, 1.807) is 19.9 Å². The molecule has 0 aliphatic carbocycles. The summed E-state index contributed by atoms with van der Waals surface area (Å²) in [6, 6.07) is 3.15. The third kappa shape index (κ3) is 2.83. The highest BCUT2D eigenvalue weighted by atomic mass is 79.9. The van der Waals surface area contributed by atoms with Gasteiger partial charge in [-0.2, -0.15) is 0 Å². The minimum absolute atomic E-state index is 0.174. The smallest absolute Gasteiger partial charge is 0.379 e. The lowest BCUT2D eigenvalue weighted by molar-refractivity contribution is -0.137. The fourth-order valence-electron chi connectivity index (χ4n) is 1.20. The highest BCUT2D eigenvalue weighted by Crippen LogP contribution is 2.26. The Morgan fingerprint density at radius 1 is 1.44 bits per heavy atom. The summed E-state index contributed by atoms with van der Waals surface area (Å²) in [4.78, 5) is 22.9. The number of hydrogen-bond donors (Lipinski definition) is 0. The van der Waals surface area contributed by atoms with Gasteiger partial charge >= 0.3 is 5.97 Å². The average Bonchev–Trinajstić information content (AvgIpc) is 2.23. The van der Waals surface area contributed by atoms with Crippen LogP contribution in [0, 0.1) is 6.92 Å². The highest BCUT2D eigenvalue weighted by molar-refractivity contribution is 9.10.